The number of hydrogen-bond acceptors (Lipinski definition) is 5. The van der Waals surface area contributed by atoms with Crippen LogP contribution in [-0.2, 0) is 16.6 Å². The van der Waals surface area contributed by atoms with Crippen molar-refractivity contribution in [3.05, 3.63) is 40.3 Å². The summed E-state index contributed by atoms with van der Waals surface area (Å²) >= 11 is 1.61. The van der Waals surface area contributed by atoms with Gasteiger partial charge in [0.25, 0.3) is 15.9 Å². The lowest BCUT2D eigenvalue weighted by molar-refractivity contribution is 0.0693. The van der Waals surface area contributed by atoms with E-state index < -0.39 is 10.0 Å². The van der Waals surface area contributed by atoms with E-state index in [2.05, 4.69) is 0 Å². The number of amides is 1. The first-order chi connectivity index (χ1) is 12.6. The van der Waals surface area contributed by atoms with Crippen molar-refractivity contribution < 1.29 is 17.6 Å². The fourth-order valence-corrected chi connectivity index (χ4v) is 5.40. The molecule has 2 aromatic rings. The van der Waals surface area contributed by atoms with Crippen molar-refractivity contribution in [2.24, 2.45) is 0 Å². The minimum atomic E-state index is -3.66. The summed E-state index contributed by atoms with van der Waals surface area (Å²) in [4.78, 5) is 15.8. The molecule has 8 heteroatoms. The Balaban J connectivity index is 1.53. The second kappa shape index (κ2) is 7.17. The summed E-state index contributed by atoms with van der Waals surface area (Å²) in [6, 6.07) is 7.08. The molecule has 2 aliphatic rings. The van der Waals surface area contributed by atoms with E-state index in [0.717, 1.165) is 37.0 Å². The third-order valence-electron chi connectivity index (χ3n) is 4.86. The molecular formula is C18H22N2O4S2. The van der Waals surface area contributed by atoms with E-state index in [1.54, 1.807) is 16.2 Å². The molecule has 0 bridgehead atoms. The van der Waals surface area contributed by atoms with Crippen LogP contribution in [0.1, 0.15) is 47.5 Å². The minimum absolute atomic E-state index is 0.101. The molecule has 4 rings (SSSR count). The third kappa shape index (κ3) is 3.58. The lowest BCUT2D eigenvalue weighted by Gasteiger charge is -2.24. The molecule has 0 spiro atoms. The number of rotatable bonds is 6. The van der Waals surface area contributed by atoms with Crippen LogP contribution in [0.2, 0.25) is 0 Å². The van der Waals surface area contributed by atoms with Gasteiger partial charge in [-0.3, -0.25) is 4.79 Å². The molecule has 3 heterocycles. The van der Waals surface area contributed by atoms with Crippen molar-refractivity contribution in [3.8, 4) is 0 Å². The highest BCUT2D eigenvalue weighted by Crippen LogP contribution is 2.31. The fraction of sp³-hybridized carbons (Fsp3) is 0.500. The van der Waals surface area contributed by atoms with E-state index in [1.807, 2.05) is 17.5 Å². The van der Waals surface area contributed by atoms with Gasteiger partial charge in [-0.2, -0.15) is 4.31 Å². The molecule has 1 aliphatic heterocycles. The maximum Gasteiger partial charge on any atom is 0.290 e. The second-order valence-electron chi connectivity index (χ2n) is 6.83. The average Bonchev–Trinajstić information content (AvgIpc) is 3.14. The maximum absolute atomic E-state index is 12.9. The largest absolute Gasteiger partial charge is 0.438 e. The highest BCUT2D eigenvalue weighted by atomic mass is 32.2. The molecule has 0 aromatic carbocycles. The van der Waals surface area contributed by atoms with Gasteiger partial charge in [-0.05, 0) is 49.3 Å². The zero-order valence-corrected chi connectivity index (χ0v) is 16.1. The van der Waals surface area contributed by atoms with Gasteiger partial charge in [0.2, 0.25) is 5.09 Å². The summed E-state index contributed by atoms with van der Waals surface area (Å²) in [6.07, 6.45) is 4.74. The Morgan fingerprint density at radius 3 is 2.62 bits per heavy atom. The van der Waals surface area contributed by atoms with Crippen molar-refractivity contribution in [2.45, 2.75) is 49.8 Å². The number of sulfonamides is 1. The summed E-state index contributed by atoms with van der Waals surface area (Å²) < 4.78 is 32.4. The maximum atomic E-state index is 12.9. The van der Waals surface area contributed by atoms with Gasteiger partial charge in [-0.25, -0.2) is 8.42 Å². The van der Waals surface area contributed by atoms with Gasteiger partial charge in [0, 0.05) is 24.0 Å². The van der Waals surface area contributed by atoms with Crippen LogP contribution in [0.3, 0.4) is 0 Å². The molecule has 1 saturated carbocycles. The second-order valence-corrected chi connectivity index (χ2v) is 9.73. The van der Waals surface area contributed by atoms with Crippen LogP contribution in [0.5, 0.6) is 0 Å². The third-order valence-corrected chi connectivity index (χ3v) is 7.49. The molecule has 1 amide bonds. The van der Waals surface area contributed by atoms with Crippen molar-refractivity contribution in [2.75, 3.05) is 13.1 Å². The van der Waals surface area contributed by atoms with E-state index in [4.69, 9.17) is 4.42 Å². The number of carbonyl (C=O) groups is 1. The molecule has 140 valence electrons. The van der Waals surface area contributed by atoms with Crippen LogP contribution >= 0.6 is 11.3 Å². The Morgan fingerprint density at radius 1 is 1.19 bits per heavy atom. The normalized spacial score (nSPS) is 18.8. The Morgan fingerprint density at radius 2 is 1.96 bits per heavy atom. The number of piperidine rings is 1. The van der Waals surface area contributed by atoms with Gasteiger partial charge in [0.15, 0.2) is 5.76 Å². The highest BCUT2D eigenvalue weighted by molar-refractivity contribution is 7.89. The zero-order valence-electron chi connectivity index (χ0n) is 14.5. The van der Waals surface area contributed by atoms with E-state index in [0.29, 0.717) is 19.6 Å². The molecule has 0 radical (unpaired) electrons. The topological polar surface area (TPSA) is 70.8 Å². The summed E-state index contributed by atoms with van der Waals surface area (Å²) in [5.74, 6) is -0.134. The van der Waals surface area contributed by atoms with Gasteiger partial charge in [-0.15, -0.1) is 11.3 Å². The molecule has 26 heavy (non-hydrogen) atoms. The summed E-state index contributed by atoms with van der Waals surface area (Å²) in [6.45, 7) is 1.56. The predicted octanol–water partition coefficient (Wildman–Crippen LogP) is 3.32. The Labute approximate surface area is 157 Å². The molecule has 1 aliphatic carbocycles. The number of hydrogen-bond donors (Lipinski definition) is 0. The monoisotopic (exact) mass is 394 g/mol. The summed E-state index contributed by atoms with van der Waals surface area (Å²) in [5.41, 5.74) is 0. The number of thiophene rings is 1. The Kier molecular flexibility index (Phi) is 4.90. The molecule has 0 atom stereocenters. The molecule has 2 aromatic heterocycles. The Hall–Kier alpha value is -1.64. The van der Waals surface area contributed by atoms with E-state index in [9.17, 15) is 13.2 Å². The zero-order chi connectivity index (χ0) is 18.1. The van der Waals surface area contributed by atoms with Crippen molar-refractivity contribution in [1.29, 1.82) is 0 Å². The van der Waals surface area contributed by atoms with Gasteiger partial charge in [-0.1, -0.05) is 12.5 Å². The lowest BCUT2D eigenvalue weighted by Crippen LogP contribution is -2.35. The summed E-state index contributed by atoms with van der Waals surface area (Å²) in [7, 11) is -3.66. The van der Waals surface area contributed by atoms with Crippen LogP contribution in [-0.4, -0.2) is 42.7 Å². The van der Waals surface area contributed by atoms with E-state index >= 15 is 0 Å². The van der Waals surface area contributed by atoms with Gasteiger partial charge >= 0.3 is 0 Å². The lowest BCUT2D eigenvalue weighted by atomic mass is 10.2. The molecule has 6 nitrogen and oxygen atoms in total. The van der Waals surface area contributed by atoms with Crippen LogP contribution < -0.4 is 0 Å². The van der Waals surface area contributed by atoms with E-state index in [1.165, 1.54) is 16.4 Å². The van der Waals surface area contributed by atoms with Gasteiger partial charge in [0.1, 0.15) is 0 Å². The highest BCUT2D eigenvalue weighted by Gasteiger charge is 2.36. The minimum Gasteiger partial charge on any atom is -0.438 e. The van der Waals surface area contributed by atoms with Gasteiger partial charge in [0.05, 0.1) is 6.54 Å². The van der Waals surface area contributed by atoms with Crippen molar-refractivity contribution in [3.63, 3.8) is 0 Å². The fourth-order valence-electron chi connectivity index (χ4n) is 3.27. The molecule has 0 N–H and O–H groups in total. The van der Waals surface area contributed by atoms with Crippen LogP contribution in [0.15, 0.2) is 39.2 Å². The summed E-state index contributed by atoms with van der Waals surface area (Å²) in [5, 5.41) is 1.86. The molecule has 2 fully saturated rings. The predicted molar refractivity (Wildman–Crippen MR) is 98.5 cm³/mol. The molecule has 1 saturated heterocycles. The number of furan rings is 1. The molecular weight excluding hydrogens is 372 g/mol. The van der Waals surface area contributed by atoms with Crippen LogP contribution in [0.4, 0.5) is 0 Å². The first-order valence-corrected chi connectivity index (χ1v) is 11.3. The van der Waals surface area contributed by atoms with Crippen LogP contribution in [0.25, 0.3) is 0 Å². The van der Waals surface area contributed by atoms with Crippen molar-refractivity contribution >= 4 is 27.3 Å². The smallest absolute Gasteiger partial charge is 0.290 e. The standard InChI is InChI=1S/C18H22N2O4S2/c21-18(20(14-6-7-14)13-15-5-4-12-25-15)16-8-9-17(24-16)26(22,23)19-10-2-1-3-11-19/h4-5,8-9,12,14H,1-3,6-7,10-11,13H2. The number of carbonyl (C=O) groups excluding carboxylic acids is 1. The first kappa shape index (κ1) is 17.8. The first-order valence-electron chi connectivity index (χ1n) is 8.99. The van der Waals surface area contributed by atoms with Crippen LogP contribution in [0, 0.1) is 0 Å². The van der Waals surface area contributed by atoms with Gasteiger partial charge < -0.3 is 9.32 Å². The quantitative estimate of drug-likeness (QED) is 0.754. The molecule has 0 unspecified atom stereocenters. The number of nitrogens with zero attached hydrogens (tertiary/aromatic N) is 2. The van der Waals surface area contributed by atoms with Crippen molar-refractivity contribution in [1.82, 2.24) is 9.21 Å². The SMILES string of the molecule is O=C(c1ccc(S(=O)(=O)N2CCCCC2)o1)N(Cc1cccs1)C1CC1. The average molecular weight is 395 g/mol. The Bertz CT molecular complexity index is 863. The van der Waals surface area contributed by atoms with E-state index in [-0.39, 0.29) is 22.8 Å².